The number of amides is 2. The average Bonchev–Trinajstić information content (AvgIpc) is 3.07. The Labute approximate surface area is 187 Å². The zero-order valence-corrected chi connectivity index (χ0v) is 19.6. The van der Waals surface area contributed by atoms with Gasteiger partial charge in [-0.05, 0) is 65.3 Å². The normalized spacial score (nSPS) is 22.9. The Balaban J connectivity index is 1.45. The molecule has 0 unspecified atom stereocenters. The number of carbonyl (C=O) groups is 3. The average molecular weight is 452 g/mol. The van der Waals surface area contributed by atoms with Gasteiger partial charge in [-0.25, -0.2) is 4.79 Å². The first-order chi connectivity index (χ1) is 14.8. The van der Waals surface area contributed by atoms with E-state index in [1.54, 1.807) is 13.0 Å². The summed E-state index contributed by atoms with van der Waals surface area (Å²) in [7, 11) is 0. The van der Waals surface area contributed by atoms with Crippen molar-refractivity contribution in [2.24, 2.45) is 5.92 Å². The number of hydrogen-bond donors (Lipinski definition) is 1. The summed E-state index contributed by atoms with van der Waals surface area (Å²) in [4.78, 5) is 41.8. The fourth-order valence-corrected chi connectivity index (χ4v) is 5.26. The van der Waals surface area contributed by atoms with E-state index in [-0.39, 0.29) is 42.5 Å². The Bertz CT molecular complexity index is 793. The fourth-order valence-electron chi connectivity index (χ4n) is 4.28. The Hall–Kier alpha value is -1.97. The van der Waals surface area contributed by atoms with Crippen LogP contribution >= 0.6 is 11.3 Å². The fraction of sp³-hybridized carbons (Fsp3) is 0.682. The summed E-state index contributed by atoms with van der Waals surface area (Å²) in [6.45, 7) is 10.9. The summed E-state index contributed by atoms with van der Waals surface area (Å²) < 4.78 is 10.8. The quantitative estimate of drug-likeness (QED) is 0.669. The van der Waals surface area contributed by atoms with Gasteiger partial charge in [0.15, 0.2) is 0 Å². The zero-order valence-electron chi connectivity index (χ0n) is 18.8. The molecule has 2 aliphatic heterocycles. The highest BCUT2D eigenvalue weighted by molar-refractivity contribution is 7.18. The molecule has 0 spiro atoms. The Morgan fingerprint density at radius 1 is 1.19 bits per heavy atom. The zero-order chi connectivity index (χ0) is 22.5. The van der Waals surface area contributed by atoms with Gasteiger partial charge in [-0.15, -0.1) is 11.3 Å². The Kier molecular flexibility index (Phi) is 8.07. The molecule has 2 amide bonds. The van der Waals surface area contributed by atoms with Crippen molar-refractivity contribution in [3.8, 4) is 0 Å². The number of nitrogens with one attached hydrogen (secondary N) is 1. The molecule has 172 valence electrons. The van der Waals surface area contributed by atoms with Crippen LogP contribution in [0.5, 0.6) is 0 Å². The number of ether oxygens (including phenoxy) is 2. The van der Waals surface area contributed by atoms with Gasteiger partial charge in [-0.2, -0.15) is 0 Å². The van der Waals surface area contributed by atoms with Crippen molar-refractivity contribution in [2.45, 2.75) is 52.7 Å². The number of thiophene rings is 1. The highest BCUT2D eigenvalue weighted by Crippen LogP contribution is 2.27. The summed E-state index contributed by atoms with van der Waals surface area (Å²) in [5, 5.41) is 3.53. The minimum atomic E-state index is -0.360. The van der Waals surface area contributed by atoms with Gasteiger partial charge in [0.05, 0.1) is 30.4 Å². The van der Waals surface area contributed by atoms with Gasteiger partial charge in [-0.3, -0.25) is 14.5 Å². The summed E-state index contributed by atoms with van der Waals surface area (Å²) in [6.07, 6.45) is 1.66. The van der Waals surface area contributed by atoms with Gasteiger partial charge < -0.3 is 19.7 Å². The van der Waals surface area contributed by atoms with Crippen molar-refractivity contribution >= 4 is 34.1 Å². The second kappa shape index (κ2) is 10.6. The number of piperidine rings is 1. The molecule has 2 aliphatic rings. The predicted molar refractivity (Wildman–Crippen MR) is 119 cm³/mol. The van der Waals surface area contributed by atoms with Crippen molar-refractivity contribution < 1.29 is 23.9 Å². The molecule has 0 radical (unpaired) electrons. The van der Waals surface area contributed by atoms with E-state index in [0.29, 0.717) is 29.6 Å². The third kappa shape index (κ3) is 6.27. The molecular formula is C22H33N3O5S. The lowest BCUT2D eigenvalue weighted by Gasteiger charge is -2.39. The van der Waals surface area contributed by atoms with Crippen molar-refractivity contribution in [2.75, 3.05) is 44.6 Å². The maximum atomic E-state index is 12.9. The van der Waals surface area contributed by atoms with Crippen LogP contribution in [0.3, 0.4) is 0 Å². The molecule has 0 saturated carbocycles. The first-order valence-corrected chi connectivity index (χ1v) is 11.8. The SMILES string of the molecule is CCOC(=O)c1sc(NC(=O)CN2CCC(C(=O)N3C[C@@H](C)O[C@@H](C)C3)CC2)cc1C. The van der Waals surface area contributed by atoms with Crippen LogP contribution in [-0.2, 0) is 19.1 Å². The van der Waals surface area contributed by atoms with Crippen LogP contribution in [0.4, 0.5) is 5.00 Å². The molecule has 0 aliphatic carbocycles. The molecule has 3 rings (SSSR count). The molecule has 31 heavy (non-hydrogen) atoms. The minimum absolute atomic E-state index is 0.0175. The van der Waals surface area contributed by atoms with E-state index < -0.39 is 0 Å². The second-order valence-electron chi connectivity index (χ2n) is 8.44. The van der Waals surface area contributed by atoms with Crippen molar-refractivity contribution in [3.63, 3.8) is 0 Å². The van der Waals surface area contributed by atoms with E-state index in [0.717, 1.165) is 31.5 Å². The molecule has 2 saturated heterocycles. The summed E-state index contributed by atoms with van der Waals surface area (Å²) in [5.74, 6) is -0.242. The maximum Gasteiger partial charge on any atom is 0.348 e. The number of carbonyl (C=O) groups excluding carboxylic acids is 3. The van der Waals surface area contributed by atoms with Crippen molar-refractivity contribution in [1.82, 2.24) is 9.80 Å². The third-order valence-electron chi connectivity index (χ3n) is 5.68. The van der Waals surface area contributed by atoms with E-state index in [1.807, 2.05) is 25.7 Å². The molecule has 3 heterocycles. The van der Waals surface area contributed by atoms with Crippen molar-refractivity contribution in [3.05, 3.63) is 16.5 Å². The van der Waals surface area contributed by atoms with Crippen LogP contribution in [0.2, 0.25) is 0 Å². The number of rotatable bonds is 6. The molecule has 2 atom stereocenters. The van der Waals surface area contributed by atoms with E-state index in [2.05, 4.69) is 10.2 Å². The van der Waals surface area contributed by atoms with Crippen LogP contribution in [0.1, 0.15) is 48.8 Å². The largest absolute Gasteiger partial charge is 0.462 e. The van der Waals surface area contributed by atoms with Crippen LogP contribution in [0.15, 0.2) is 6.07 Å². The van der Waals surface area contributed by atoms with Gasteiger partial charge in [-0.1, -0.05) is 0 Å². The van der Waals surface area contributed by atoms with Crippen molar-refractivity contribution in [1.29, 1.82) is 0 Å². The number of aryl methyl sites for hydroxylation is 1. The molecule has 1 N–H and O–H groups in total. The minimum Gasteiger partial charge on any atom is -0.462 e. The number of hydrogen-bond acceptors (Lipinski definition) is 7. The van der Waals surface area contributed by atoms with Crippen LogP contribution in [0, 0.1) is 12.8 Å². The standard InChI is InChI=1S/C22H33N3O5S/c1-5-29-22(28)20-14(2)10-19(31-20)23-18(26)13-24-8-6-17(7-9-24)21(27)25-11-15(3)30-16(4)12-25/h10,15-17H,5-9,11-13H2,1-4H3,(H,23,26)/t15-,16+. The monoisotopic (exact) mass is 451 g/mol. The summed E-state index contributed by atoms with van der Waals surface area (Å²) in [5.41, 5.74) is 0.796. The molecule has 9 heteroatoms. The third-order valence-corrected chi connectivity index (χ3v) is 6.81. The number of esters is 1. The predicted octanol–water partition coefficient (Wildman–Crippen LogP) is 2.52. The topological polar surface area (TPSA) is 88.2 Å². The highest BCUT2D eigenvalue weighted by Gasteiger charge is 2.33. The van der Waals surface area contributed by atoms with Crippen LogP contribution < -0.4 is 5.32 Å². The summed E-state index contributed by atoms with van der Waals surface area (Å²) in [6, 6.07) is 1.80. The Morgan fingerprint density at radius 2 is 1.84 bits per heavy atom. The molecule has 0 aromatic carbocycles. The molecule has 2 fully saturated rings. The lowest BCUT2D eigenvalue weighted by atomic mass is 9.94. The number of nitrogens with zero attached hydrogens (tertiary/aromatic N) is 2. The molecule has 0 bridgehead atoms. The van der Waals surface area contributed by atoms with Gasteiger partial charge in [0.2, 0.25) is 11.8 Å². The molecule has 1 aromatic rings. The van der Waals surface area contributed by atoms with E-state index in [9.17, 15) is 14.4 Å². The molecule has 1 aromatic heterocycles. The second-order valence-corrected chi connectivity index (χ2v) is 9.49. The number of morpholine rings is 1. The lowest BCUT2D eigenvalue weighted by molar-refractivity contribution is -0.148. The van der Waals surface area contributed by atoms with E-state index in [1.165, 1.54) is 11.3 Å². The highest BCUT2D eigenvalue weighted by atomic mass is 32.1. The molecule has 8 nitrogen and oxygen atoms in total. The first-order valence-electron chi connectivity index (χ1n) is 11.0. The van der Waals surface area contributed by atoms with Gasteiger partial charge in [0.1, 0.15) is 4.88 Å². The smallest absolute Gasteiger partial charge is 0.348 e. The number of likely N-dealkylation sites (tertiary alicyclic amines) is 1. The van der Waals surface area contributed by atoms with E-state index >= 15 is 0 Å². The van der Waals surface area contributed by atoms with Gasteiger partial charge in [0, 0.05) is 19.0 Å². The van der Waals surface area contributed by atoms with Gasteiger partial charge >= 0.3 is 5.97 Å². The van der Waals surface area contributed by atoms with Crippen LogP contribution in [0.25, 0.3) is 0 Å². The molecular weight excluding hydrogens is 418 g/mol. The number of anilines is 1. The summed E-state index contributed by atoms with van der Waals surface area (Å²) >= 11 is 1.23. The van der Waals surface area contributed by atoms with Gasteiger partial charge in [0.25, 0.3) is 0 Å². The maximum absolute atomic E-state index is 12.9. The Morgan fingerprint density at radius 3 is 2.45 bits per heavy atom. The van der Waals surface area contributed by atoms with Crippen LogP contribution in [-0.4, -0.2) is 79.1 Å². The van der Waals surface area contributed by atoms with E-state index in [4.69, 9.17) is 9.47 Å². The lowest BCUT2D eigenvalue weighted by Crippen LogP contribution is -2.51. The first kappa shape index (κ1) is 23.7.